The molecule has 0 aromatic heterocycles. The minimum atomic E-state index is -4.71. The van der Waals surface area contributed by atoms with Gasteiger partial charge in [-0.05, 0) is 71.2 Å². The van der Waals surface area contributed by atoms with E-state index in [0.717, 1.165) is 47.9 Å². The number of benzene rings is 4. The highest BCUT2D eigenvalue weighted by atomic mass is 19.4. The van der Waals surface area contributed by atoms with Crippen LogP contribution in [0.3, 0.4) is 0 Å². The number of hydrogen-bond acceptors (Lipinski definition) is 4. The molecule has 1 aliphatic rings. The van der Waals surface area contributed by atoms with Gasteiger partial charge in [-0.2, -0.15) is 26.3 Å². The molecule has 0 amide bonds. The second kappa shape index (κ2) is 12.5. The normalized spacial score (nSPS) is 15.3. The van der Waals surface area contributed by atoms with Crippen LogP contribution in [-0.4, -0.2) is 0 Å². The van der Waals surface area contributed by atoms with Gasteiger partial charge in [0.1, 0.15) is 34.1 Å². The zero-order chi connectivity index (χ0) is 36.2. The van der Waals surface area contributed by atoms with Crippen molar-refractivity contribution in [2.24, 2.45) is 0 Å². The van der Waals surface area contributed by atoms with Crippen molar-refractivity contribution in [3.8, 4) is 23.0 Å². The number of ether oxygens (including phenoxy) is 2. The van der Waals surface area contributed by atoms with Crippen molar-refractivity contribution in [3.63, 3.8) is 0 Å². The summed E-state index contributed by atoms with van der Waals surface area (Å²) in [5.41, 5.74) is 10.5. The van der Waals surface area contributed by atoms with Gasteiger partial charge >= 0.3 is 12.4 Å². The van der Waals surface area contributed by atoms with Crippen LogP contribution in [0.2, 0.25) is 0 Å². The smallest absolute Gasteiger partial charge is 0.421 e. The van der Waals surface area contributed by atoms with Crippen LogP contribution in [0.1, 0.15) is 101 Å². The van der Waals surface area contributed by atoms with Crippen LogP contribution in [0.25, 0.3) is 0 Å². The molecule has 262 valence electrons. The molecule has 0 unspecified atom stereocenters. The van der Waals surface area contributed by atoms with E-state index in [1.165, 1.54) is 36.4 Å². The molecule has 4 aromatic rings. The molecule has 5 rings (SSSR count). The number of alkyl halides is 6. The van der Waals surface area contributed by atoms with Gasteiger partial charge in [-0.25, -0.2) is 0 Å². The first kappa shape index (κ1) is 36.0. The summed E-state index contributed by atoms with van der Waals surface area (Å²) in [6.45, 7) is 11.8. The minimum Gasteiger partial charge on any atom is -0.456 e. The molecule has 0 saturated heterocycles. The molecule has 10 heteroatoms. The molecular formula is C39H42F6N2O2. The Morgan fingerprint density at radius 1 is 0.531 bits per heavy atom. The van der Waals surface area contributed by atoms with Gasteiger partial charge in [0.25, 0.3) is 0 Å². The summed E-state index contributed by atoms with van der Waals surface area (Å²) < 4.78 is 95.9. The number of anilines is 2. The Hall–Kier alpha value is -4.34. The highest BCUT2D eigenvalue weighted by Crippen LogP contribution is 2.51. The van der Waals surface area contributed by atoms with E-state index in [9.17, 15) is 26.3 Å². The fraction of sp³-hybridized carbons (Fsp3) is 0.385. The number of nitrogen functional groups attached to an aromatic ring is 2. The summed E-state index contributed by atoms with van der Waals surface area (Å²) in [5.74, 6) is -0.161. The van der Waals surface area contributed by atoms with Gasteiger partial charge in [-0.1, -0.05) is 90.8 Å². The monoisotopic (exact) mass is 684 g/mol. The van der Waals surface area contributed by atoms with Gasteiger partial charge < -0.3 is 20.9 Å². The zero-order valence-corrected chi connectivity index (χ0v) is 28.5. The fourth-order valence-corrected chi connectivity index (χ4v) is 6.84. The Kier molecular flexibility index (Phi) is 9.19. The maximum atomic E-state index is 14.0. The maximum absolute atomic E-state index is 14.0. The van der Waals surface area contributed by atoms with E-state index < -0.39 is 51.1 Å². The lowest BCUT2D eigenvalue weighted by molar-refractivity contribution is -0.138. The van der Waals surface area contributed by atoms with E-state index in [-0.39, 0.29) is 11.5 Å². The Balaban J connectivity index is 1.62. The summed E-state index contributed by atoms with van der Waals surface area (Å²) in [4.78, 5) is 0. The Morgan fingerprint density at radius 3 is 1.22 bits per heavy atom. The molecule has 4 nitrogen and oxygen atoms in total. The lowest BCUT2D eigenvalue weighted by atomic mass is 9.70. The van der Waals surface area contributed by atoms with Crippen LogP contribution in [0.5, 0.6) is 23.0 Å². The van der Waals surface area contributed by atoms with Crippen molar-refractivity contribution in [2.45, 2.75) is 95.8 Å². The van der Waals surface area contributed by atoms with Crippen molar-refractivity contribution < 1.29 is 35.8 Å². The molecule has 49 heavy (non-hydrogen) atoms. The zero-order valence-electron chi connectivity index (χ0n) is 28.5. The molecule has 0 aliphatic heterocycles. The number of rotatable bonds is 6. The summed E-state index contributed by atoms with van der Waals surface area (Å²) in [6, 6.07) is 19.0. The van der Waals surface area contributed by atoms with E-state index in [1.807, 2.05) is 65.8 Å². The largest absolute Gasteiger partial charge is 0.456 e. The van der Waals surface area contributed by atoms with E-state index in [4.69, 9.17) is 20.9 Å². The van der Waals surface area contributed by atoms with E-state index in [1.54, 1.807) is 12.1 Å². The highest BCUT2D eigenvalue weighted by Gasteiger charge is 2.41. The molecule has 4 aromatic carbocycles. The van der Waals surface area contributed by atoms with Crippen molar-refractivity contribution in [2.75, 3.05) is 11.5 Å². The van der Waals surface area contributed by atoms with Gasteiger partial charge in [0.15, 0.2) is 0 Å². The Labute approximate surface area is 283 Å². The van der Waals surface area contributed by atoms with E-state index in [0.29, 0.717) is 11.5 Å². The van der Waals surface area contributed by atoms with Gasteiger partial charge in [0.05, 0.1) is 0 Å². The second-order valence-corrected chi connectivity index (χ2v) is 14.9. The summed E-state index contributed by atoms with van der Waals surface area (Å²) in [7, 11) is 0. The van der Waals surface area contributed by atoms with Crippen LogP contribution in [-0.2, 0) is 28.6 Å². The fourth-order valence-electron chi connectivity index (χ4n) is 6.84. The van der Waals surface area contributed by atoms with Crippen LogP contribution in [0, 0.1) is 0 Å². The third kappa shape index (κ3) is 7.19. The topological polar surface area (TPSA) is 70.5 Å². The van der Waals surface area contributed by atoms with Crippen molar-refractivity contribution in [1.29, 1.82) is 0 Å². The first-order chi connectivity index (χ1) is 22.6. The lowest BCUT2D eigenvalue weighted by Gasteiger charge is -2.35. The molecule has 4 N–H and O–H groups in total. The first-order valence-corrected chi connectivity index (χ1v) is 16.2. The summed E-state index contributed by atoms with van der Waals surface area (Å²) in [6.07, 6.45) is -5.91. The van der Waals surface area contributed by atoms with Crippen LogP contribution in [0.4, 0.5) is 37.7 Å². The lowest BCUT2D eigenvalue weighted by Crippen LogP contribution is -2.26. The molecule has 1 saturated carbocycles. The molecule has 0 atom stereocenters. The number of nitrogens with two attached hydrogens (primary N) is 2. The minimum absolute atomic E-state index is 0.294. The Morgan fingerprint density at radius 2 is 0.898 bits per heavy atom. The highest BCUT2D eigenvalue weighted by molar-refractivity contribution is 5.60. The van der Waals surface area contributed by atoms with Gasteiger partial charge in [-0.3, -0.25) is 0 Å². The molecular weight excluding hydrogens is 642 g/mol. The molecule has 0 radical (unpaired) electrons. The molecule has 0 bridgehead atoms. The quantitative estimate of drug-likeness (QED) is 0.157. The standard InChI is InChI=1S/C39H42F6N2O2/c1-35(2,3)25-21-23(15-17-29(25)48-31-13-9-11-27(46)33(31)38(40,41)42)37(19-7-8-20-37)24-16-18-30(26(22-24)36(4,5)6)49-32-14-10-12-28(47)34(32)39(43,44)45/h9-18,21-22H,7-8,19-20,46-47H2,1-6H3. The maximum Gasteiger partial charge on any atom is 0.421 e. The third-order valence-corrected chi connectivity index (χ3v) is 9.26. The Bertz CT molecular complexity index is 1710. The van der Waals surface area contributed by atoms with Gasteiger partial charge in [0.2, 0.25) is 0 Å². The average Bonchev–Trinajstić information content (AvgIpc) is 3.46. The number of hydrogen-bond donors (Lipinski definition) is 2. The summed E-state index contributed by atoms with van der Waals surface area (Å²) in [5, 5.41) is 0. The van der Waals surface area contributed by atoms with E-state index >= 15 is 0 Å². The first-order valence-electron chi connectivity index (χ1n) is 16.2. The van der Waals surface area contributed by atoms with Crippen molar-refractivity contribution in [1.82, 2.24) is 0 Å². The molecule has 1 aliphatic carbocycles. The second-order valence-electron chi connectivity index (χ2n) is 14.9. The van der Waals surface area contributed by atoms with Crippen LogP contribution < -0.4 is 20.9 Å². The predicted molar refractivity (Wildman–Crippen MR) is 181 cm³/mol. The van der Waals surface area contributed by atoms with Gasteiger partial charge in [-0.15, -0.1) is 0 Å². The predicted octanol–water partition coefficient (Wildman–Crippen LogP) is 11.9. The summed E-state index contributed by atoms with van der Waals surface area (Å²) >= 11 is 0. The van der Waals surface area contributed by atoms with Crippen LogP contribution >= 0.6 is 0 Å². The van der Waals surface area contributed by atoms with Crippen molar-refractivity contribution in [3.05, 3.63) is 106 Å². The van der Waals surface area contributed by atoms with Crippen molar-refractivity contribution >= 4 is 11.4 Å². The third-order valence-electron chi connectivity index (χ3n) is 9.26. The number of halogens is 6. The molecule has 0 spiro atoms. The molecule has 1 fully saturated rings. The average molecular weight is 685 g/mol. The SMILES string of the molecule is CC(C)(C)c1cc(C2(c3ccc(Oc4cccc(N)c4C(F)(F)F)c(C(C)(C)C)c3)CCCC2)ccc1Oc1cccc(N)c1C(F)(F)F. The van der Waals surface area contributed by atoms with Crippen LogP contribution in [0.15, 0.2) is 72.8 Å². The van der Waals surface area contributed by atoms with Gasteiger partial charge in [0, 0.05) is 27.9 Å². The van der Waals surface area contributed by atoms with E-state index in [2.05, 4.69) is 0 Å². The molecule has 0 heterocycles.